The Morgan fingerprint density at radius 2 is 1.71 bits per heavy atom. The van der Waals surface area contributed by atoms with Crippen molar-refractivity contribution in [3.05, 3.63) is 101 Å². The maximum absolute atomic E-state index is 13.3. The van der Waals surface area contributed by atoms with E-state index in [-0.39, 0.29) is 22.2 Å². The van der Waals surface area contributed by atoms with Gasteiger partial charge in [-0.1, -0.05) is 48.5 Å². The molecule has 3 rings (SSSR count). The van der Waals surface area contributed by atoms with Crippen molar-refractivity contribution >= 4 is 15.9 Å². The molecule has 0 fully saturated rings. The number of para-hydroxylation sites is 1. The number of sulfone groups is 1. The first-order valence-corrected chi connectivity index (χ1v) is 9.87. The van der Waals surface area contributed by atoms with Gasteiger partial charge < -0.3 is 4.74 Å². The minimum absolute atomic E-state index is 0.0426. The highest BCUT2D eigenvalue weighted by Crippen LogP contribution is 2.26. The Morgan fingerprint density at radius 1 is 1.00 bits per heavy atom. The van der Waals surface area contributed by atoms with Crippen molar-refractivity contribution in [3.63, 3.8) is 0 Å². The molecule has 0 bridgehead atoms. The van der Waals surface area contributed by atoms with E-state index < -0.39 is 9.84 Å². The third-order valence-corrected chi connectivity index (χ3v) is 5.62. The second-order valence-electron chi connectivity index (χ2n) is 5.89. The summed E-state index contributed by atoms with van der Waals surface area (Å²) in [4.78, 5) is -0.346. The fourth-order valence-electron chi connectivity index (χ4n) is 2.56. The number of hydrogen-bond acceptors (Lipinski definition) is 4. The summed E-state index contributed by atoms with van der Waals surface area (Å²) in [5.74, 6) is 0.0257. The number of benzene rings is 3. The van der Waals surface area contributed by atoms with Gasteiger partial charge in [-0.3, -0.25) is 0 Å². The summed E-state index contributed by atoms with van der Waals surface area (Å²) in [5, 5.41) is 9.43. The van der Waals surface area contributed by atoms with Crippen LogP contribution in [0.3, 0.4) is 0 Å². The first-order valence-electron chi connectivity index (χ1n) is 8.39. The number of allylic oxidation sites excluding steroid dienone is 1. The Balaban J connectivity index is 1.92. The molecule has 0 saturated heterocycles. The maximum Gasteiger partial charge on any atom is 0.216 e. The largest absolute Gasteiger partial charge is 0.488 e. The number of nitriles is 1. The van der Waals surface area contributed by atoms with E-state index >= 15 is 0 Å². The molecule has 28 heavy (non-hydrogen) atoms. The van der Waals surface area contributed by atoms with Crippen LogP contribution in [0.25, 0.3) is 6.08 Å². The van der Waals surface area contributed by atoms with E-state index in [1.165, 1.54) is 30.3 Å². The molecule has 0 heterocycles. The van der Waals surface area contributed by atoms with Crippen LogP contribution < -0.4 is 4.74 Å². The van der Waals surface area contributed by atoms with Crippen LogP contribution >= 0.6 is 0 Å². The minimum Gasteiger partial charge on any atom is -0.488 e. The molecule has 0 N–H and O–H groups in total. The van der Waals surface area contributed by atoms with Gasteiger partial charge in [0, 0.05) is 5.56 Å². The number of halogens is 1. The normalized spacial score (nSPS) is 11.6. The van der Waals surface area contributed by atoms with Crippen molar-refractivity contribution in [2.45, 2.75) is 11.5 Å². The van der Waals surface area contributed by atoms with Crippen LogP contribution in [-0.4, -0.2) is 8.42 Å². The summed E-state index contributed by atoms with van der Waals surface area (Å²) in [7, 11) is -3.94. The van der Waals surface area contributed by atoms with E-state index in [2.05, 4.69) is 0 Å². The van der Waals surface area contributed by atoms with E-state index in [4.69, 9.17) is 4.74 Å². The monoisotopic (exact) mass is 393 g/mol. The predicted octanol–water partition coefficient (Wildman–Crippen LogP) is 4.74. The van der Waals surface area contributed by atoms with Gasteiger partial charge in [-0.2, -0.15) is 5.26 Å². The number of rotatable bonds is 6. The standard InChI is InChI=1S/C22H16FNO3S/c23-19-9-6-7-17(13-19)16-27-22-12-5-4-8-18(22)14-21(15-24)28(25,26)20-10-2-1-3-11-20/h1-14H,16H2. The van der Waals surface area contributed by atoms with E-state index in [1.807, 2.05) is 0 Å². The average Bonchev–Trinajstić information content (AvgIpc) is 2.71. The summed E-state index contributed by atoms with van der Waals surface area (Å²) in [6.07, 6.45) is 1.28. The molecule has 4 nitrogen and oxygen atoms in total. The Morgan fingerprint density at radius 3 is 2.43 bits per heavy atom. The second-order valence-corrected chi connectivity index (χ2v) is 7.81. The molecule has 0 aliphatic carbocycles. The summed E-state index contributed by atoms with van der Waals surface area (Å²) in [6, 6.07) is 22.3. The van der Waals surface area contributed by atoms with Crippen LogP contribution in [0.5, 0.6) is 5.75 Å². The van der Waals surface area contributed by atoms with Gasteiger partial charge in [-0.15, -0.1) is 0 Å². The third kappa shape index (κ3) is 4.45. The molecule has 140 valence electrons. The van der Waals surface area contributed by atoms with Crippen LogP contribution in [0.15, 0.2) is 88.7 Å². The SMILES string of the molecule is N#CC(=Cc1ccccc1OCc1cccc(F)c1)S(=O)(=O)c1ccccc1. The topological polar surface area (TPSA) is 67.2 Å². The van der Waals surface area contributed by atoms with Gasteiger partial charge >= 0.3 is 0 Å². The molecule has 0 amide bonds. The van der Waals surface area contributed by atoms with E-state index in [0.717, 1.165) is 0 Å². The van der Waals surface area contributed by atoms with Gasteiger partial charge in [0.25, 0.3) is 0 Å². The molecule has 0 unspecified atom stereocenters. The molecule has 0 aromatic heterocycles. The van der Waals surface area contributed by atoms with Gasteiger partial charge in [0.1, 0.15) is 29.1 Å². The zero-order valence-corrected chi connectivity index (χ0v) is 15.6. The van der Waals surface area contributed by atoms with Crippen molar-refractivity contribution in [2.75, 3.05) is 0 Å². The summed E-state index contributed by atoms with van der Waals surface area (Å²) in [6.45, 7) is 0.107. The van der Waals surface area contributed by atoms with Gasteiger partial charge in [0.05, 0.1) is 4.90 Å². The van der Waals surface area contributed by atoms with E-state index in [0.29, 0.717) is 16.9 Å². The van der Waals surface area contributed by atoms with Crippen molar-refractivity contribution < 1.29 is 17.5 Å². The Hall–Kier alpha value is -3.43. The lowest BCUT2D eigenvalue weighted by molar-refractivity contribution is 0.305. The zero-order valence-electron chi connectivity index (χ0n) is 14.7. The maximum atomic E-state index is 13.3. The highest BCUT2D eigenvalue weighted by atomic mass is 32.2. The van der Waals surface area contributed by atoms with Gasteiger partial charge in [0.15, 0.2) is 0 Å². The molecule has 3 aromatic carbocycles. The molecule has 0 saturated carbocycles. The molecular weight excluding hydrogens is 377 g/mol. The van der Waals surface area contributed by atoms with Gasteiger partial charge in [0.2, 0.25) is 9.84 Å². The minimum atomic E-state index is -3.94. The highest BCUT2D eigenvalue weighted by molar-refractivity contribution is 7.95. The quantitative estimate of drug-likeness (QED) is 0.567. The summed E-state index contributed by atoms with van der Waals surface area (Å²) in [5.41, 5.74) is 1.08. The van der Waals surface area contributed by atoms with E-state index in [1.54, 1.807) is 60.7 Å². The van der Waals surface area contributed by atoms with Crippen LogP contribution in [-0.2, 0) is 16.4 Å². The van der Waals surface area contributed by atoms with Crippen molar-refractivity contribution in [1.29, 1.82) is 5.26 Å². The van der Waals surface area contributed by atoms with Crippen LogP contribution in [0, 0.1) is 17.1 Å². The molecule has 0 atom stereocenters. The Labute approximate surface area is 163 Å². The fourth-order valence-corrected chi connectivity index (χ4v) is 3.73. The molecular formula is C22H16FNO3S. The zero-order chi connectivity index (χ0) is 20.0. The van der Waals surface area contributed by atoms with Crippen molar-refractivity contribution in [2.24, 2.45) is 0 Å². The van der Waals surface area contributed by atoms with Crippen molar-refractivity contribution in [3.8, 4) is 11.8 Å². The van der Waals surface area contributed by atoms with Crippen molar-refractivity contribution in [1.82, 2.24) is 0 Å². The predicted molar refractivity (Wildman–Crippen MR) is 104 cm³/mol. The molecule has 0 aliphatic rings. The molecule has 0 spiro atoms. The van der Waals surface area contributed by atoms with Crippen LogP contribution in [0.1, 0.15) is 11.1 Å². The smallest absolute Gasteiger partial charge is 0.216 e. The Kier molecular flexibility index (Phi) is 5.87. The summed E-state index contributed by atoms with van der Waals surface area (Å²) >= 11 is 0. The van der Waals surface area contributed by atoms with E-state index in [9.17, 15) is 18.1 Å². The lowest BCUT2D eigenvalue weighted by Crippen LogP contribution is -2.04. The molecule has 0 radical (unpaired) electrons. The second kappa shape index (κ2) is 8.51. The lowest BCUT2D eigenvalue weighted by atomic mass is 10.2. The lowest BCUT2D eigenvalue weighted by Gasteiger charge is -2.10. The first-order chi connectivity index (χ1) is 13.5. The first kappa shape index (κ1) is 19.3. The summed E-state index contributed by atoms with van der Waals surface area (Å²) < 4.78 is 44.5. The van der Waals surface area contributed by atoms with Gasteiger partial charge in [-0.25, -0.2) is 12.8 Å². The third-order valence-electron chi connectivity index (χ3n) is 3.94. The van der Waals surface area contributed by atoms with Gasteiger partial charge in [-0.05, 0) is 42.0 Å². The highest BCUT2D eigenvalue weighted by Gasteiger charge is 2.21. The number of hydrogen-bond donors (Lipinski definition) is 0. The van der Waals surface area contributed by atoms with Crippen LogP contribution in [0.2, 0.25) is 0 Å². The Bertz CT molecular complexity index is 1150. The number of ether oxygens (including phenoxy) is 1. The fraction of sp³-hybridized carbons (Fsp3) is 0.0455. The molecule has 0 aliphatic heterocycles. The molecule has 6 heteroatoms. The molecule has 3 aromatic rings. The average molecular weight is 393 g/mol. The number of nitrogens with zero attached hydrogens (tertiary/aromatic N) is 1. The van der Waals surface area contributed by atoms with Crippen LogP contribution in [0.4, 0.5) is 4.39 Å².